The summed E-state index contributed by atoms with van der Waals surface area (Å²) in [6.07, 6.45) is 4.57. The highest BCUT2D eigenvalue weighted by Crippen LogP contribution is 2.30. The molecule has 0 aromatic carbocycles. The first kappa shape index (κ1) is 13.6. The van der Waals surface area contributed by atoms with Gasteiger partial charge >= 0.3 is 5.97 Å². The summed E-state index contributed by atoms with van der Waals surface area (Å²) >= 11 is 0. The van der Waals surface area contributed by atoms with Crippen LogP contribution < -0.4 is 5.32 Å². The highest BCUT2D eigenvalue weighted by atomic mass is 16.4. The number of aromatic nitrogens is 1. The molecule has 0 bridgehead atoms. The molecule has 1 aromatic rings. The van der Waals surface area contributed by atoms with Crippen molar-refractivity contribution in [1.29, 1.82) is 0 Å². The van der Waals surface area contributed by atoms with Gasteiger partial charge in [-0.3, -0.25) is 9.59 Å². The summed E-state index contributed by atoms with van der Waals surface area (Å²) in [4.78, 5) is 27.2. The molecule has 1 aliphatic rings. The number of carboxylic acid groups (broad SMARTS) is 1. The van der Waals surface area contributed by atoms with Crippen LogP contribution in [-0.2, 0) is 16.1 Å². The summed E-state index contributed by atoms with van der Waals surface area (Å²) in [5, 5.41) is 11.8. The monoisotopic (exact) mass is 266 g/mol. The molecule has 0 unspecified atom stereocenters. The smallest absolute Gasteiger partial charge is 0.307 e. The van der Waals surface area contributed by atoms with Crippen LogP contribution in [0, 0.1) is 18.8 Å². The van der Waals surface area contributed by atoms with Gasteiger partial charge in [0.25, 0.3) is 0 Å². The van der Waals surface area contributed by atoms with Gasteiger partial charge in [-0.25, -0.2) is 4.98 Å². The zero-order valence-corrected chi connectivity index (χ0v) is 10.9. The number of hydrogen-bond acceptors (Lipinski definition) is 4. The largest absolute Gasteiger partial charge is 0.481 e. The van der Waals surface area contributed by atoms with Crippen molar-refractivity contribution in [2.24, 2.45) is 11.8 Å². The fourth-order valence-corrected chi connectivity index (χ4v) is 2.52. The molecular weight excluding hydrogens is 248 g/mol. The van der Waals surface area contributed by atoms with Gasteiger partial charge in [0.15, 0.2) is 0 Å². The number of hydrogen-bond donors (Lipinski definition) is 2. The molecule has 1 saturated carbocycles. The standard InChI is InChI=1S/C13H18N2O4/c1-8-6-14-11(19-8)7-15-12(16)9-4-2-3-5-10(9)13(17)18/h6,9-10H,2-5,7H2,1H3,(H,15,16)(H,17,18)/t9-,10+/m1/s1. The number of nitrogens with zero attached hydrogens (tertiary/aromatic N) is 1. The van der Waals surface area contributed by atoms with E-state index in [1.807, 2.05) is 0 Å². The fourth-order valence-electron chi connectivity index (χ4n) is 2.52. The van der Waals surface area contributed by atoms with Gasteiger partial charge < -0.3 is 14.8 Å². The summed E-state index contributed by atoms with van der Waals surface area (Å²) in [6.45, 7) is 1.98. The van der Waals surface area contributed by atoms with Crippen molar-refractivity contribution in [3.63, 3.8) is 0 Å². The minimum atomic E-state index is -0.883. The van der Waals surface area contributed by atoms with Crippen LogP contribution in [0.1, 0.15) is 37.3 Å². The molecule has 19 heavy (non-hydrogen) atoms. The van der Waals surface area contributed by atoms with E-state index in [4.69, 9.17) is 9.52 Å². The van der Waals surface area contributed by atoms with Crippen molar-refractivity contribution in [1.82, 2.24) is 10.3 Å². The molecule has 6 nitrogen and oxygen atoms in total. The Labute approximate surface area is 111 Å². The summed E-state index contributed by atoms with van der Waals surface area (Å²) < 4.78 is 5.25. The number of rotatable bonds is 4. The Bertz CT molecular complexity index is 469. The average molecular weight is 266 g/mol. The molecule has 2 atom stereocenters. The molecule has 104 valence electrons. The normalized spacial score (nSPS) is 23.0. The molecule has 2 rings (SSSR count). The zero-order chi connectivity index (χ0) is 13.8. The van der Waals surface area contributed by atoms with Crippen molar-refractivity contribution in [2.75, 3.05) is 0 Å². The summed E-state index contributed by atoms with van der Waals surface area (Å²) in [5.41, 5.74) is 0. The van der Waals surface area contributed by atoms with Crippen LogP contribution in [0.15, 0.2) is 10.6 Å². The summed E-state index contributed by atoms with van der Waals surface area (Å²) in [7, 11) is 0. The van der Waals surface area contributed by atoms with E-state index >= 15 is 0 Å². The van der Waals surface area contributed by atoms with Crippen LogP contribution in [0.2, 0.25) is 0 Å². The molecule has 0 radical (unpaired) electrons. The van der Waals surface area contributed by atoms with Crippen LogP contribution in [0.3, 0.4) is 0 Å². The number of amides is 1. The second-order valence-electron chi connectivity index (χ2n) is 4.92. The van der Waals surface area contributed by atoms with Crippen molar-refractivity contribution < 1.29 is 19.1 Å². The lowest BCUT2D eigenvalue weighted by molar-refractivity contribution is -0.149. The van der Waals surface area contributed by atoms with E-state index < -0.39 is 17.8 Å². The number of aliphatic carboxylic acids is 1. The fraction of sp³-hybridized carbons (Fsp3) is 0.615. The van der Waals surface area contributed by atoms with E-state index in [-0.39, 0.29) is 12.5 Å². The van der Waals surface area contributed by atoms with Crippen LogP contribution in [-0.4, -0.2) is 22.0 Å². The molecule has 1 heterocycles. The van der Waals surface area contributed by atoms with Crippen molar-refractivity contribution in [3.05, 3.63) is 17.8 Å². The van der Waals surface area contributed by atoms with Crippen LogP contribution in [0.25, 0.3) is 0 Å². The second-order valence-corrected chi connectivity index (χ2v) is 4.92. The summed E-state index contributed by atoms with van der Waals surface area (Å²) in [6, 6.07) is 0. The van der Waals surface area contributed by atoms with E-state index in [1.54, 1.807) is 13.1 Å². The van der Waals surface area contributed by atoms with E-state index in [2.05, 4.69) is 10.3 Å². The predicted octanol–water partition coefficient (Wildman–Crippen LogP) is 1.49. The SMILES string of the molecule is Cc1cnc(CNC(=O)[C@@H]2CCCC[C@@H]2C(=O)O)o1. The number of carbonyl (C=O) groups excluding carboxylic acids is 1. The van der Waals surface area contributed by atoms with Crippen molar-refractivity contribution in [3.8, 4) is 0 Å². The number of aryl methyl sites for hydroxylation is 1. The number of nitrogens with one attached hydrogen (secondary N) is 1. The first-order chi connectivity index (χ1) is 9.08. The molecule has 1 aliphatic carbocycles. The Morgan fingerprint density at radius 1 is 1.42 bits per heavy atom. The quantitative estimate of drug-likeness (QED) is 0.861. The van der Waals surface area contributed by atoms with Gasteiger partial charge in [-0.15, -0.1) is 0 Å². The topological polar surface area (TPSA) is 92.4 Å². The molecule has 0 spiro atoms. The van der Waals surface area contributed by atoms with Gasteiger partial charge in [-0.05, 0) is 19.8 Å². The minimum absolute atomic E-state index is 0.204. The maximum atomic E-state index is 12.0. The lowest BCUT2D eigenvalue weighted by Crippen LogP contribution is -2.39. The Hall–Kier alpha value is -1.85. The molecule has 1 fully saturated rings. The molecule has 2 N–H and O–H groups in total. The van der Waals surface area contributed by atoms with Gasteiger partial charge in [0.05, 0.1) is 24.6 Å². The Balaban J connectivity index is 1.92. The molecule has 6 heteroatoms. The Morgan fingerprint density at radius 3 is 2.68 bits per heavy atom. The number of carbonyl (C=O) groups is 2. The maximum Gasteiger partial charge on any atom is 0.307 e. The predicted molar refractivity (Wildman–Crippen MR) is 66.2 cm³/mol. The van der Waals surface area contributed by atoms with E-state index in [0.717, 1.165) is 12.8 Å². The van der Waals surface area contributed by atoms with E-state index in [0.29, 0.717) is 24.5 Å². The molecular formula is C13H18N2O4. The average Bonchev–Trinajstić information content (AvgIpc) is 2.81. The highest BCUT2D eigenvalue weighted by molar-refractivity contribution is 5.84. The van der Waals surface area contributed by atoms with Gasteiger partial charge in [-0.1, -0.05) is 12.8 Å². The van der Waals surface area contributed by atoms with Gasteiger partial charge in [0, 0.05) is 0 Å². The van der Waals surface area contributed by atoms with Crippen molar-refractivity contribution in [2.45, 2.75) is 39.2 Å². The third-order valence-electron chi connectivity index (χ3n) is 3.50. The number of oxazole rings is 1. The zero-order valence-electron chi connectivity index (χ0n) is 10.9. The first-order valence-electron chi connectivity index (χ1n) is 6.49. The van der Waals surface area contributed by atoms with Crippen LogP contribution in [0.4, 0.5) is 0 Å². The lowest BCUT2D eigenvalue weighted by atomic mass is 9.79. The molecule has 0 saturated heterocycles. The second kappa shape index (κ2) is 5.86. The minimum Gasteiger partial charge on any atom is -0.481 e. The van der Waals surface area contributed by atoms with Gasteiger partial charge in [0.1, 0.15) is 5.76 Å². The third kappa shape index (κ3) is 3.33. The maximum absolute atomic E-state index is 12.0. The van der Waals surface area contributed by atoms with E-state index in [1.165, 1.54) is 0 Å². The number of carboxylic acids is 1. The Kier molecular flexibility index (Phi) is 4.19. The van der Waals surface area contributed by atoms with Gasteiger partial charge in [0.2, 0.25) is 11.8 Å². The molecule has 1 amide bonds. The van der Waals surface area contributed by atoms with Gasteiger partial charge in [-0.2, -0.15) is 0 Å². The lowest BCUT2D eigenvalue weighted by Gasteiger charge is -2.27. The highest BCUT2D eigenvalue weighted by Gasteiger charge is 2.35. The van der Waals surface area contributed by atoms with E-state index in [9.17, 15) is 9.59 Å². The molecule has 1 aromatic heterocycles. The Morgan fingerprint density at radius 2 is 2.11 bits per heavy atom. The first-order valence-corrected chi connectivity index (χ1v) is 6.49. The molecule has 0 aliphatic heterocycles. The summed E-state index contributed by atoms with van der Waals surface area (Å²) in [5.74, 6) is -0.990. The van der Waals surface area contributed by atoms with Crippen LogP contribution >= 0.6 is 0 Å². The van der Waals surface area contributed by atoms with Crippen LogP contribution in [0.5, 0.6) is 0 Å². The van der Waals surface area contributed by atoms with Crippen molar-refractivity contribution >= 4 is 11.9 Å². The third-order valence-corrected chi connectivity index (χ3v) is 3.50.